The first-order valence-corrected chi connectivity index (χ1v) is 10.1. The summed E-state index contributed by atoms with van der Waals surface area (Å²) in [5.41, 5.74) is 1.53. The quantitative estimate of drug-likeness (QED) is 0.493. The number of fused-ring (bicyclic) bond motifs is 1. The zero-order chi connectivity index (χ0) is 20.5. The highest BCUT2D eigenvalue weighted by Gasteiger charge is 2.37. The highest BCUT2D eigenvalue weighted by Crippen LogP contribution is 2.34. The van der Waals surface area contributed by atoms with E-state index in [0.29, 0.717) is 42.7 Å². The number of likely N-dealkylation sites (tertiary alicyclic amines) is 1. The Morgan fingerprint density at radius 2 is 1.83 bits per heavy atom. The molecule has 1 aliphatic rings. The fourth-order valence-electron chi connectivity index (χ4n) is 3.81. The monoisotopic (exact) mass is 399 g/mol. The van der Waals surface area contributed by atoms with Crippen molar-refractivity contribution in [1.29, 1.82) is 0 Å². The Kier molecular flexibility index (Phi) is 4.67. The van der Waals surface area contributed by atoms with Crippen LogP contribution in [0.3, 0.4) is 0 Å². The van der Waals surface area contributed by atoms with Gasteiger partial charge in [-0.05, 0) is 23.8 Å². The molecule has 150 valence electrons. The van der Waals surface area contributed by atoms with E-state index >= 15 is 0 Å². The summed E-state index contributed by atoms with van der Waals surface area (Å²) in [5, 5.41) is 6.01. The number of rotatable bonds is 5. The fraction of sp³-hybridized carbons (Fsp3) is 0.208. The van der Waals surface area contributed by atoms with Crippen LogP contribution in [0.4, 0.5) is 0 Å². The summed E-state index contributed by atoms with van der Waals surface area (Å²) < 4.78 is 11.2. The van der Waals surface area contributed by atoms with Gasteiger partial charge in [0.1, 0.15) is 5.75 Å². The van der Waals surface area contributed by atoms with E-state index < -0.39 is 0 Å². The summed E-state index contributed by atoms with van der Waals surface area (Å²) >= 11 is 0. The zero-order valence-electron chi connectivity index (χ0n) is 16.6. The minimum absolute atomic E-state index is 0.0331. The first kappa shape index (κ1) is 18.4. The lowest BCUT2D eigenvalue weighted by atomic mass is 9.96. The molecule has 1 fully saturated rings. The number of carbonyl (C=O) groups excluding carboxylic acids is 1. The van der Waals surface area contributed by atoms with Gasteiger partial charge in [-0.1, -0.05) is 65.8 Å². The van der Waals surface area contributed by atoms with Crippen molar-refractivity contribution >= 4 is 16.7 Å². The lowest BCUT2D eigenvalue weighted by Gasteiger charge is -2.37. The molecule has 3 aromatic carbocycles. The molecule has 0 radical (unpaired) electrons. The van der Waals surface area contributed by atoms with Gasteiger partial charge >= 0.3 is 0 Å². The van der Waals surface area contributed by atoms with E-state index in [1.807, 2.05) is 73.7 Å². The topological polar surface area (TPSA) is 68.5 Å². The van der Waals surface area contributed by atoms with Crippen LogP contribution in [0.5, 0.6) is 5.75 Å². The van der Waals surface area contributed by atoms with Crippen molar-refractivity contribution in [2.24, 2.45) is 0 Å². The Balaban J connectivity index is 1.36. The standard InChI is InChI=1S/C24H21N3O3/c1-2-29-20-13-12-16-8-6-7-11-19(16)21(20)24(28)27-14-18(15-27)23-25-22(26-30-23)17-9-4-3-5-10-17/h3-13,18H,2,14-15H2,1H3. The largest absolute Gasteiger partial charge is 0.493 e. The number of hydrogen-bond acceptors (Lipinski definition) is 5. The van der Waals surface area contributed by atoms with Gasteiger partial charge in [0.15, 0.2) is 0 Å². The second-order valence-electron chi connectivity index (χ2n) is 7.32. The van der Waals surface area contributed by atoms with Crippen molar-refractivity contribution < 1.29 is 14.1 Å². The smallest absolute Gasteiger partial charge is 0.258 e. The third-order valence-corrected chi connectivity index (χ3v) is 5.40. The molecule has 4 aromatic rings. The van der Waals surface area contributed by atoms with Gasteiger partial charge in [0.05, 0.1) is 18.1 Å². The normalized spacial score (nSPS) is 14.0. The summed E-state index contributed by atoms with van der Waals surface area (Å²) in [4.78, 5) is 19.7. The van der Waals surface area contributed by atoms with E-state index in [1.165, 1.54) is 0 Å². The van der Waals surface area contributed by atoms with Crippen LogP contribution in [-0.4, -0.2) is 40.6 Å². The molecule has 0 unspecified atom stereocenters. The van der Waals surface area contributed by atoms with E-state index in [9.17, 15) is 4.79 Å². The lowest BCUT2D eigenvalue weighted by molar-refractivity contribution is 0.0567. The van der Waals surface area contributed by atoms with Crippen molar-refractivity contribution in [3.8, 4) is 17.1 Å². The Bertz CT molecular complexity index is 1200. The third-order valence-electron chi connectivity index (χ3n) is 5.40. The number of aromatic nitrogens is 2. The Labute approximate surface area is 174 Å². The van der Waals surface area contributed by atoms with Crippen LogP contribution in [0.25, 0.3) is 22.2 Å². The molecule has 6 heteroatoms. The van der Waals surface area contributed by atoms with Crippen molar-refractivity contribution in [3.05, 3.63) is 78.2 Å². The van der Waals surface area contributed by atoms with Crippen molar-refractivity contribution in [2.45, 2.75) is 12.8 Å². The summed E-state index contributed by atoms with van der Waals surface area (Å²) in [5.74, 6) is 1.77. The molecule has 1 amide bonds. The average Bonchev–Trinajstić information content (AvgIpc) is 3.23. The zero-order valence-corrected chi connectivity index (χ0v) is 16.6. The second-order valence-corrected chi connectivity index (χ2v) is 7.32. The first-order chi connectivity index (χ1) is 14.7. The second kappa shape index (κ2) is 7.63. The number of benzene rings is 3. The van der Waals surface area contributed by atoms with Crippen LogP contribution in [0.2, 0.25) is 0 Å². The fourth-order valence-corrected chi connectivity index (χ4v) is 3.81. The summed E-state index contributed by atoms with van der Waals surface area (Å²) in [7, 11) is 0. The predicted octanol–water partition coefficient (Wildman–Crippen LogP) is 4.53. The molecule has 0 N–H and O–H groups in total. The SMILES string of the molecule is CCOc1ccc2ccccc2c1C(=O)N1CC(c2nc(-c3ccccc3)no2)C1. The number of nitrogens with zero attached hydrogens (tertiary/aromatic N) is 3. The van der Waals surface area contributed by atoms with Crippen molar-refractivity contribution in [3.63, 3.8) is 0 Å². The molecule has 2 heterocycles. The Morgan fingerprint density at radius 1 is 1.07 bits per heavy atom. The maximum absolute atomic E-state index is 13.3. The van der Waals surface area contributed by atoms with Crippen LogP contribution in [0.1, 0.15) is 29.1 Å². The van der Waals surface area contributed by atoms with Crippen LogP contribution in [0.15, 0.2) is 71.3 Å². The van der Waals surface area contributed by atoms with E-state index in [-0.39, 0.29) is 11.8 Å². The van der Waals surface area contributed by atoms with Gasteiger partial charge in [-0.15, -0.1) is 0 Å². The van der Waals surface area contributed by atoms with Gasteiger partial charge in [-0.3, -0.25) is 4.79 Å². The van der Waals surface area contributed by atoms with Gasteiger partial charge in [0, 0.05) is 18.7 Å². The Hall–Kier alpha value is -3.67. The molecule has 1 aromatic heterocycles. The van der Waals surface area contributed by atoms with Crippen LogP contribution in [-0.2, 0) is 0 Å². The number of ether oxygens (including phenoxy) is 1. The van der Waals surface area contributed by atoms with Crippen LogP contribution < -0.4 is 4.74 Å². The highest BCUT2D eigenvalue weighted by molar-refractivity contribution is 6.09. The van der Waals surface area contributed by atoms with E-state index in [1.54, 1.807) is 4.90 Å². The molecule has 0 aliphatic carbocycles. The number of hydrogen-bond donors (Lipinski definition) is 0. The predicted molar refractivity (Wildman–Crippen MR) is 113 cm³/mol. The molecule has 1 aliphatic heterocycles. The summed E-state index contributed by atoms with van der Waals surface area (Å²) in [6, 6.07) is 21.5. The van der Waals surface area contributed by atoms with Gasteiger partial charge in [0.2, 0.25) is 11.7 Å². The third kappa shape index (κ3) is 3.20. The van der Waals surface area contributed by atoms with E-state index in [0.717, 1.165) is 16.3 Å². The average molecular weight is 399 g/mol. The molecule has 30 heavy (non-hydrogen) atoms. The molecular weight excluding hydrogens is 378 g/mol. The van der Waals surface area contributed by atoms with E-state index in [4.69, 9.17) is 9.26 Å². The lowest BCUT2D eigenvalue weighted by Crippen LogP contribution is -2.48. The van der Waals surface area contributed by atoms with E-state index in [2.05, 4.69) is 10.1 Å². The van der Waals surface area contributed by atoms with Crippen LogP contribution >= 0.6 is 0 Å². The molecule has 1 saturated heterocycles. The molecule has 0 spiro atoms. The minimum Gasteiger partial charge on any atom is -0.493 e. The maximum atomic E-state index is 13.3. The van der Waals surface area contributed by atoms with Crippen molar-refractivity contribution in [1.82, 2.24) is 15.0 Å². The molecule has 0 saturated carbocycles. The highest BCUT2D eigenvalue weighted by atomic mass is 16.5. The van der Waals surface area contributed by atoms with Gasteiger partial charge in [0.25, 0.3) is 5.91 Å². The minimum atomic E-state index is -0.0331. The number of amides is 1. The number of carbonyl (C=O) groups is 1. The van der Waals surface area contributed by atoms with Gasteiger partial charge in [-0.2, -0.15) is 4.98 Å². The molecule has 0 atom stereocenters. The first-order valence-electron chi connectivity index (χ1n) is 10.1. The van der Waals surface area contributed by atoms with Gasteiger partial charge in [-0.25, -0.2) is 0 Å². The van der Waals surface area contributed by atoms with Crippen molar-refractivity contribution in [2.75, 3.05) is 19.7 Å². The summed E-state index contributed by atoms with van der Waals surface area (Å²) in [6.45, 7) is 3.52. The molecule has 6 nitrogen and oxygen atoms in total. The molecular formula is C24H21N3O3. The molecule has 5 rings (SSSR count). The van der Waals surface area contributed by atoms with Gasteiger partial charge < -0.3 is 14.2 Å². The maximum Gasteiger partial charge on any atom is 0.258 e. The van der Waals surface area contributed by atoms with Crippen LogP contribution in [0, 0.1) is 0 Å². The molecule has 0 bridgehead atoms. The Morgan fingerprint density at radius 3 is 2.63 bits per heavy atom. The summed E-state index contributed by atoms with van der Waals surface area (Å²) in [6.07, 6.45) is 0.